The first-order valence-corrected chi connectivity index (χ1v) is 5.38. The van der Waals surface area contributed by atoms with Crippen LogP contribution < -0.4 is 5.32 Å². The second-order valence-corrected chi connectivity index (χ2v) is 3.92. The Morgan fingerprint density at radius 1 is 1.20 bits per heavy atom. The van der Waals surface area contributed by atoms with Gasteiger partial charge >= 0.3 is 0 Å². The molecule has 1 aromatic heterocycles. The van der Waals surface area contributed by atoms with E-state index in [9.17, 15) is 0 Å². The molecule has 1 unspecified atom stereocenters. The summed E-state index contributed by atoms with van der Waals surface area (Å²) >= 11 is 0. The van der Waals surface area contributed by atoms with E-state index in [2.05, 4.69) is 27.4 Å². The minimum absolute atomic E-state index is 0.463. The smallest absolute Gasteiger partial charge is 0.0934 e. The Bertz CT molecular complexity index is 470. The molecule has 0 bridgehead atoms. The van der Waals surface area contributed by atoms with Crippen LogP contribution in [0.15, 0.2) is 30.6 Å². The second-order valence-electron chi connectivity index (χ2n) is 3.92. The summed E-state index contributed by atoms with van der Waals surface area (Å²) in [5.74, 6) is 0. The highest BCUT2D eigenvalue weighted by Crippen LogP contribution is 2.27. The summed E-state index contributed by atoms with van der Waals surface area (Å²) in [6.07, 6.45) is 5.96. The molecule has 1 saturated heterocycles. The predicted octanol–water partition coefficient (Wildman–Crippen LogP) is 2.05. The van der Waals surface area contributed by atoms with Gasteiger partial charge in [0.05, 0.1) is 11.0 Å². The van der Waals surface area contributed by atoms with Gasteiger partial charge in [0, 0.05) is 18.4 Å². The van der Waals surface area contributed by atoms with E-state index >= 15 is 0 Å². The zero-order valence-electron chi connectivity index (χ0n) is 8.48. The first-order valence-electron chi connectivity index (χ1n) is 5.38. The molecule has 0 spiro atoms. The van der Waals surface area contributed by atoms with E-state index in [-0.39, 0.29) is 0 Å². The van der Waals surface area contributed by atoms with Crippen molar-refractivity contribution in [3.8, 4) is 0 Å². The van der Waals surface area contributed by atoms with E-state index in [4.69, 9.17) is 0 Å². The van der Waals surface area contributed by atoms with Crippen LogP contribution in [0.25, 0.3) is 11.0 Å². The third-order valence-electron chi connectivity index (χ3n) is 2.97. The van der Waals surface area contributed by atoms with Crippen molar-refractivity contribution in [2.75, 3.05) is 6.54 Å². The number of nitrogens with zero attached hydrogens (tertiary/aromatic N) is 2. The number of hydrogen-bond acceptors (Lipinski definition) is 3. The van der Waals surface area contributed by atoms with Crippen molar-refractivity contribution in [2.45, 2.75) is 18.9 Å². The van der Waals surface area contributed by atoms with Gasteiger partial charge in [-0.25, -0.2) is 0 Å². The third kappa shape index (κ3) is 1.49. The predicted molar refractivity (Wildman–Crippen MR) is 59.5 cm³/mol. The molecule has 1 aliphatic heterocycles. The molecule has 1 N–H and O–H groups in total. The monoisotopic (exact) mass is 199 g/mol. The van der Waals surface area contributed by atoms with E-state index in [1.165, 1.54) is 18.4 Å². The Kier molecular flexibility index (Phi) is 2.10. The van der Waals surface area contributed by atoms with Gasteiger partial charge in [0.15, 0.2) is 0 Å². The quantitative estimate of drug-likeness (QED) is 0.763. The molecule has 2 aromatic rings. The van der Waals surface area contributed by atoms with Crippen LogP contribution in [0.5, 0.6) is 0 Å². The molecule has 15 heavy (non-hydrogen) atoms. The number of hydrogen-bond donors (Lipinski definition) is 1. The van der Waals surface area contributed by atoms with Crippen LogP contribution >= 0.6 is 0 Å². The number of nitrogens with one attached hydrogen (secondary N) is 1. The molecule has 1 atom stereocenters. The molecule has 3 rings (SSSR count). The largest absolute Gasteiger partial charge is 0.310 e. The van der Waals surface area contributed by atoms with Crippen LogP contribution in [0.3, 0.4) is 0 Å². The number of aromatic nitrogens is 2. The molecule has 0 saturated carbocycles. The standard InChI is InChI=1S/C12H13N3/c1-3-9(10-5-2-6-13-10)12-11(4-1)14-7-8-15-12/h1,3-4,7-8,10,13H,2,5-6H2. The molecule has 2 heterocycles. The normalized spacial score (nSPS) is 20.9. The molecule has 3 heteroatoms. The minimum atomic E-state index is 0.463. The number of rotatable bonds is 1. The van der Waals surface area contributed by atoms with Gasteiger partial charge in [-0.2, -0.15) is 0 Å². The maximum absolute atomic E-state index is 4.42. The third-order valence-corrected chi connectivity index (χ3v) is 2.97. The number of para-hydroxylation sites is 1. The van der Waals surface area contributed by atoms with Gasteiger partial charge in [-0.15, -0.1) is 0 Å². The van der Waals surface area contributed by atoms with Crippen LogP contribution in [0, 0.1) is 0 Å². The van der Waals surface area contributed by atoms with Gasteiger partial charge in [0.1, 0.15) is 0 Å². The topological polar surface area (TPSA) is 37.8 Å². The average molecular weight is 199 g/mol. The molecular weight excluding hydrogens is 186 g/mol. The van der Waals surface area contributed by atoms with Crippen molar-refractivity contribution in [3.05, 3.63) is 36.2 Å². The molecule has 0 amide bonds. The average Bonchev–Trinajstić information content (AvgIpc) is 2.82. The molecule has 1 fully saturated rings. The first-order chi connectivity index (χ1) is 7.45. The van der Waals surface area contributed by atoms with Gasteiger partial charge in [-0.1, -0.05) is 12.1 Å². The van der Waals surface area contributed by atoms with Crippen molar-refractivity contribution in [1.29, 1.82) is 0 Å². The van der Waals surface area contributed by atoms with Crippen LogP contribution in [0.2, 0.25) is 0 Å². The molecular formula is C12H13N3. The fourth-order valence-corrected chi connectivity index (χ4v) is 2.25. The zero-order valence-corrected chi connectivity index (χ0v) is 8.48. The fourth-order valence-electron chi connectivity index (χ4n) is 2.25. The highest BCUT2D eigenvalue weighted by molar-refractivity contribution is 5.78. The Morgan fingerprint density at radius 3 is 3.00 bits per heavy atom. The molecule has 0 aliphatic carbocycles. The van der Waals surface area contributed by atoms with E-state index in [0.717, 1.165) is 17.6 Å². The fraction of sp³-hybridized carbons (Fsp3) is 0.333. The van der Waals surface area contributed by atoms with Crippen molar-refractivity contribution in [1.82, 2.24) is 15.3 Å². The molecule has 3 nitrogen and oxygen atoms in total. The van der Waals surface area contributed by atoms with Crippen LogP contribution in [-0.4, -0.2) is 16.5 Å². The van der Waals surface area contributed by atoms with Gasteiger partial charge in [-0.3, -0.25) is 9.97 Å². The number of fused-ring (bicyclic) bond motifs is 1. The van der Waals surface area contributed by atoms with E-state index in [0.29, 0.717) is 6.04 Å². The maximum atomic E-state index is 4.42. The summed E-state index contributed by atoms with van der Waals surface area (Å²) in [5.41, 5.74) is 3.32. The van der Waals surface area contributed by atoms with Crippen molar-refractivity contribution < 1.29 is 0 Å². The van der Waals surface area contributed by atoms with Crippen molar-refractivity contribution in [3.63, 3.8) is 0 Å². The Morgan fingerprint density at radius 2 is 2.13 bits per heavy atom. The highest BCUT2D eigenvalue weighted by atomic mass is 14.9. The maximum Gasteiger partial charge on any atom is 0.0934 e. The first kappa shape index (κ1) is 8.80. The van der Waals surface area contributed by atoms with Gasteiger partial charge in [0.2, 0.25) is 0 Å². The minimum Gasteiger partial charge on any atom is -0.310 e. The second kappa shape index (κ2) is 3.59. The van der Waals surface area contributed by atoms with Crippen molar-refractivity contribution in [2.24, 2.45) is 0 Å². The Balaban J connectivity index is 2.16. The Hall–Kier alpha value is -1.48. The summed E-state index contributed by atoms with van der Waals surface area (Å²) < 4.78 is 0. The van der Waals surface area contributed by atoms with Gasteiger partial charge in [-0.05, 0) is 31.0 Å². The van der Waals surface area contributed by atoms with E-state index in [1.54, 1.807) is 12.4 Å². The van der Waals surface area contributed by atoms with Crippen LogP contribution in [0.4, 0.5) is 0 Å². The summed E-state index contributed by atoms with van der Waals surface area (Å²) in [6, 6.07) is 6.69. The summed E-state index contributed by atoms with van der Waals surface area (Å²) in [6.45, 7) is 1.11. The van der Waals surface area contributed by atoms with Crippen LogP contribution in [-0.2, 0) is 0 Å². The molecule has 1 aromatic carbocycles. The SMILES string of the molecule is c1cc(C2CCCN2)c2nccnc2c1. The molecule has 76 valence electrons. The highest BCUT2D eigenvalue weighted by Gasteiger charge is 2.18. The lowest BCUT2D eigenvalue weighted by Gasteiger charge is -2.12. The summed E-state index contributed by atoms with van der Waals surface area (Å²) in [5, 5.41) is 3.50. The lowest BCUT2D eigenvalue weighted by Crippen LogP contribution is -2.13. The lowest BCUT2D eigenvalue weighted by atomic mass is 10.0. The number of benzene rings is 1. The van der Waals surface area contributed by atoms with Gasteiger partial charge < -0.3 is 5.32 Å². The van der Waals surface area contributed by atoms with E-state index in [1.807, 2.05) is 6.07 Å². The Labute approximate surface area is 88.6 Å². The van der Waals surface area contributed by atoms with Crippen LogP contribution in [0.1, 0.15) is 24.4 Å². The zero-order chi connectivity index (χ0) is 10.1. The van der Waals surface area contributed by atoms with Crippen molar-refractivity contribution >= 4 is 11.0 Å². The lowest BCUT2D eigenvalue weighted by molar-refractivity contribution is 0.651. The molecule has 0 radical (unpaired) electrons. The summed E-state index contributed by atoms with van der Waals surface area (Å²) in [4.78, 5) is 8.75. The molecule has 1 aliphatic rings. The van der Waals surface area contributed by atoms with Gasteiger partial charge in [0.25, 0.3) is 0 Å². The summed E-state index contributed by atoms with van der Waals surface area (Å²) in [7, 11) is 0. The van der Waals surface area contributed by atoms with E-state index < -0.39 is 0 Å².